The lowest BCUT2D eigenvalue weighted by atomic mass is 10.1. The standard InChI is InChI=1S/C9H12BrNO2S/c1-9(2,13)8(12)11(3)7-4-6(10)5-14-7/h4-5,13H,1-3H3. The summed E-state index contributed by atoms with van der Waals surface area (Å²) in [5.41, 5.74) is -1.33. The smallest absolute Gasteiger partial charge is 0.258 e. The van der Waals surface area contributed by atoms with Gasteiger partial charge < -0.3 is 10.0 Å². The third-order valence-electron chi connectivity index (χ3n) is 1.71. The highest BCUT2D eigenvalue weighted by atomic mass is 79.9. The van der Waals surface area contributed by atoms with E-state index in [1.54, 1.807) is 7.05 Å². The monoisotopic (exact) mass is 277 g/mol. The summed E-state index contributed by atoms with van der Waals surface area (Å²) in [4.78, 5) is 13.1. The predicted octanol–water partition coefficient (Wildman–Crippen LogP) is 2.24. The molecule has 5 heteroatoms. The number of likely N-dealkylation sites (N-methyl/N-ethyl adjacent to an activating group) is 1. The van der Waals surface area contributed by atoms with Crippen LogP contribution >= 0.6 is 27.3 Å². The third-order valence-corrected chi connectivity index (χ3v) is 3.48. The van der Waals surface area contributed by atoms with Gasteiger partial charge in [0.25, 0.3) is 5.91 Å². The maximum atomic E-state index is 11.6. The zero-order chi connectivity index (χ0) is 10.9. The van der Waals surface area contributed by atoms with Crippen molar-refractivity contribution in [2.45, 2.75) is 19.4 Å². The molecule has 14 heavy (non-hydrogen) atoms. The van der Waals surface area contributed by atoms with Crippen molar-refractivity contribution in [3.05, 3.63) is 15.9 Å². The quantitative estimate of drug-likeness (QED) is 0.901. The Labute approximate surface area is 95.5 Å². The van der Waals surface area contributed by atoms with Crippen LogP contribution in [0.4, 0.5) is 5.00 Å². The largest absolute Gasteiger partial charge is 0.381 e. The third kappa shape index (κ3) is 2.56. The highest BCUT2D eigenvalue weighted by molar-refractivity contribution is 9.10. The number of anilines is 1. The van der Waals surface area contributed by atoms with Gasteiger partial charge in [0.1, 0.15) is 5.60 Å². The summed E-state index contributed by atoms with van der Waals surface area (Å²) in [6, 6.07) is 1.84. The number of rotatable bonds is 2. The van der Waals surface area contributed by atoms with Crippen LogP contribution in [0.15, 0.2) is 15.9 Å². The molecule has 78 valence electrons. The molecule has 0 atom stereocenters. The first-order valence-corrected chi connectivity index (χ1v) is 5.74. The Hall–Kier alpha value is -0.390. The number of thiophene rings is 1. The van der Waals surface area contributed by atoms with Crippen molar-refractivity contribution < 1.29 is 9.90 Å². The van der Waals surface area contributed by atoms with E-state index in [9.17, 15) is 9.90 Å². The van der Waals surface area contributed by atoms with Crippen molar-refractivity contribution in [1.82, 2.24) is 0 Å². The van der Waals surface area contributed by atoms with Crippen molar-refractivity contribution >= 4 is 38.2 Å². The van der Waals surface area contributed by atoms with Gasteiger partial charge in [0.2, 0.25) is 0 Å². The van der Waals surface area contributed by atoms with Gasteiger partial charge in [-0.2, -0.15) is 0 Å². The van der Waals surface area contributed by atoms with E-state index >= 15 is 0 Å². The molecule has 0 aromatic carbocycles. The molecule has 1 rings (SSSR count). The molecule has 0 spiro atoms. The molecule has 0 aliphatic rings. The number of amides is 1. The molecule has 1 heterocycles. The van der Waals surface area contributed by atoms with Crippen molar-refractivity contribution in [2.24, 2.45) is 0 Å². The van der Waals surface area contributed by atoms with Gasteiger partial charge in [0, 0.05) is 16.9 Å². The first kappa shape index (κ1) is 11.7. The minimum absolute atomic E-state index is 0.313. The maximum absolute atomic E-state index is 11.6. The van der Waals surface area contributed by atoms with E-state index in [0.29, 0.717) is 0 Å². The highest BCUT2D eigenvalue weighted by Crippen LogP contribution is 2.28. The maximum Gasteiger partial charge on any atom is 0.258 e. The highest BCUT2D eigenvalue weighted by Gasteiger charge is 2.28. The Morgan fingerprint density at radius 3 is 2.57 bits per heavy atom. The summed E-state index contributed by atoms with van der Waals surface area (Å²) in [6.07, 6.45) is 0. The Bertz CT molecular complexity index is 343. The number of hydrogen-bond donors (Lipinski definition) is 1. The lowest BCUT2D eigenvalue weighted by Gasteiger charge is -2.23. The Balaban J connectivity index is 2.86. The average Bonchev–Trinajstić information content (AvgIpc) is 2.47. The Kier molecular flexibility index (Phi) is 3.34. The summed E-state index contributed by atoms with van der Waals surface area (Å²) < 4.78 is 0.938. The molecule has 0 bridgehead atoms. The van der Waals surface area contributed by atoms with Crippen LogP contribution in [0.2, 0.25) is 0 Å². The first-order chi connectivity index (χ1) is 6.32. The van der Waals surface area contributed by atoms with Crippen LogP contribution < -0.4 is 4.90 Å². The van der Waals surface area contributed by atoms with E-state index < -0.39 is 5.60 Å². The molecule has 1 amide bonds. The number of nitrogens with zero attached hydrogens (tertiary/aromatic N) is 1. The normalized spacial score (nSPS) is 11.5. The van der Waals surface area contributed by atoms with Gasteiger partial charge in [-0.1, -0.05) is 0 Å². The van der Waals surface area contributed by atoms with Crippen LogP contribution in [-0.2, 0) is 4.79 Å². The summed E-state index contributed by atoms with van der Waals surface area (Å²) in [5, 5.41) is 12.2. The van der Waals surface area contributed by atoms with E-state index in [1.165, 1.54) is 30.1 Å². The van der Waals surface area contributed by atoms with Crippen molar-refractivity contribution in [3.8, 4) is 0 Å². The molecule has 0 saturated carbocycles. The van der Waals surface area contributed by atoms with E-state index in [1.807, 2.05) is 11.4 Å². The van der Waals surface area contributed by atoms with Crippen LogP contribution in [0.5, 0.6) is 0 Å². The topological polar surface area (TPSA) is 40.5 Å². The van der Waals surface area contributed by atoms with Gasteiger partial charge in [0.15, 0.2) is 0 Å². The summed E-state index contributed by atoms with van der Waals surface area (Å²) in [7, 11) is 1.65. The summed E-state index contributed by atoms with van der Waals surface area (Å²) in [5.74, 6) is -0.313. The average molecular weight is 278 g/mol. The van der Waals surface area contributed by atoms with Crippen LogP contribution in [0.25, 0.3) is 0 Å². The van der Waals surface area contributed by atoms with Gasteiger partial charge in [-0.3, -0.25) is 4.79 Å². The lowest BCUT2D eigenvalue weighted by molar-refractivity contribution is -0.133. The molecule has 0 saturated heterocycles. The second-order valence-corrected chi connectivity index (χ2v) is 5.33. The fourth-order valence-electron chi connectivity index (χ4n) is 0.989. The van der Waals surface area contributed by atoms with Gasteiger partial charge >= 0.3 is 0 Å². The summed E-state index contributed by atoms with van der Waals surface area (Å²) in [6.45, 7) is 2.96. The van der Waals surface area contributed by atoms with E-state index in [2.05, 4.69) is 15.9 Å². The van der Waals surface area contributed by atoms with Crippen LogP contribution in [-0.4, -0.2) is 23.7 Å². The van der Waals surface area contributed by atoms with Gasteiger partial charge in [-0.05, 0) is 35.8 Å². The molecule has 3 nitrogen and oxygen atoms in total. The SMILES string of the molecule is CN(C(=O)C(C)(C)O)c1cc(Br)cs1. The fraction of sp³-hybridized carbons (Fsp3) is 0.444. The second kappa shape index (κ2) is 4.00. The zero-order valence-electron chi connectivity index (χ0n) is 8.24. The van der Waals surface area contributed by atoms with Crippen LogP contribution in [0, 0.1) is 0 Å². The van der Waals surface area contributed by atoms with E-state index in [4.69, 9.17) is 0 Å². The van der Waals surface area contributed by atoms with Crippen molar-refractivity contribution in [1.29, 1.82) is 0 Å². The van der Waals surface area contributed by atoms with Gasteiger partial charge in [-0.15, -0.1) is 11.3 Å². The fourth-order valence-corrected chi connectivity index (χ4v) is 2.38. The van der Waals surface area contributed by atoms with E-state index in [0.717, 1.165) is 9.47 Å². The van der Waals surface area contributed by atoms with Crippen LogP contribution in [0.3, 0.4) is 0 Å². The number of halogens is 1. The molecular weight excluding hydrogens is 266 g/mol. The molecular formula is C9H12BrNO2S. The Morgan fingerprint density at radius 2 is 2.21 bits per heavy atom. The molecule has 1 aromatic rings. The molecule has 0 fully saturated rings. The first-order valence-electron chi connectivity index (χ1n) is 4.07. The minimum Gasteiger partial charge on any atom is -0.381 e. The van der Waals surface area contributed by atoms with Crippen molar-refractivity contribution in [2.75, 3.05) is 11.9 Å². The number of aliphatic hydroxyl groups is 1. The lowest BCUT2D eigenvalue weighted by Crippen LogP contribution is -2.42. The molecule has 0 unspecified atom stereocenters. The number of hydrogen-bond acceptors (Lipinski definition) is 3. The molecule has 1 aromatic heterocycles. The molecule has 0 aliphatic carbocycles. The van der Waals surface area contributed by atoms with E-state index in [-0.39, 0.29) is 5.91 Å². The van der Waals surface area contributed by atoms with Gasteiger partial charge in [0.05, 0.1) is 5.00 Å². The number of carbonyl (C=O) groups is 1. The molecule has 0 aliphatic heterocycles. The molecule has 0 radical (unpaired) electrons. The molecule has 1 N–H and O–H groups in total. The van der Waals surface area contributed by atoms with Gasteiger partial charge in [-0.25, -0.2) is 0 Å². The van der Waals surface area contributed by atoms with Crippen LogP contribution in [0.1, 0.15) is 13.8 Å². The zero-order valence-corrected chi connectivity index (χ0v) is 10.6. The Morgan fingerprint density at radius 1 is 1.64 bits per heavy atom. The predicted molar refractivity (Wildman–Crippen MR) is 61.7 cm³/mol. The van der Waals surface area contributed by atoms with Crippen molar-refractivity contribution in [3.63, 3.8) is 0 Å². The number of carbonyl (C=O) groups excluding carboxylic acids is 1. The summed E-state index contributed by atoms with van der Waals surface area (Å²) >= 11 is 4.76. The second-order valence-electron chi connectivity index (χ2n) is 3.53. The minimum atomic E-state index is -1.33.